The number of aryl methyl sites for hydroxylation is 3. The van der Waals surface area contributed by atoms with Crippen LogP contribution in [0.25, 0.3) is 0 Å². The zero-order chi connectivity index (χ0) is 15.5. The average Bonchev–Trinajstić information content (AvgIpc) is 3.00. The minimum Gasteiger partial charge on any atom is -0.496 e. The molecule has 2 aromatic carbocycles. The van der Waals surface area contributed by atoms with Gasteiger partial charge in [0.15, 0.2) is 11.5 Å². The predicted molar refractivity (Wildman–Crippen MR) is 84.3 cm³/mol. The summed E-state index contributed by atoms with van der Waals surface area (Å²) in [6.45, 7) is 2.34. The number of rotatable bonds is 5. The third-order valence-electron chi connectivity index (χ3n) is 3.84. The maximum atomic E-state index is 5.47. The highest BCUT2D eigenvalue weighted by atomic mass is 16.7. The molecule has 0 bridgehead atoms. The van der Waals surface area contributed by atoms with E-state index < -0.39 is 0 Å². The first-order valence-corrected chi connectivity index (χ1v) is 7.31. The Morgan fingerprint density at radius 2 is 1.77 bits per heavy atom. The Bertz CT molecular complexity index is 679. The maximum absolute atomic E-state index is 5.47. The minimum absolute atomic E-state index is 0.251. The molecule has 4 heteroatoms. The molecule has 0 amide bonds. The van der Waals surface area contributed by atoms with E-state index >= 15 is 0 Å². The van der Waals surface area contributed by atoms with Crippen LogP contribution in [0.1, 0.15) is 16.7 Å². The first-order chi connectivity index (χ1) is 10.7. The van der Waals surface area contributed by atoms with Crippen LogP contribution in [0, 0.1) is 6.92 Å². The van der Waals surface area contributed by atoms with Crippen molar-refractivity contribution < 1.29 is 18.9 Å². The van der Waals surface area contributed by atoms with Gasteiger partial charge in [0.05, 0.1) is 14.2 Å². The second kappa shape index (κ2) is 6.18. The van der Waals surface area contributed by atoms with Crippen molar-refractivity contribution in [2.24, 2.45) is 0 Å². The van der Waals surface area contributed by atoms with Crippen molar-refractivity contribution >= 4 is 0 Å². The molecule has 1 aliphatic rings. The number of hydrogen-bond acceptors (Lipinski definition) is 4. The molecule has 4 nitrogen and oxygen atoms in total. The summed E-state index contributed by atoms with van der Waals surface area (Å²) in [6.07, 6.45) is 1.78. The summed E-state index contributed by atoms with van der Waals surface area (Å²) in [7, 11) is 3.35. The van der Waals surface area contributed by atoms with Gasteiger partial charge in [-0.05, 0) is 49.1 Å². The van der Waals surface area contributed by atoms with Gasteiger partial charge in [0.2, 0.25) is 12.5 Å². The first kappa shape index (κ1) is 14.6. The van der Waals surface area contributed by atoms with Crippen LogP contribution in [0.3, 0.4) is 0 Å². The summed E-state index contributed by atoms with van der Waals surface area (Å²) >= 11 is 0. The Balaban J connectivity index is 1.81. The van der Waals surface area contributed by atoms with Gasteiger partial charge in [0.25, 0.3) is 0 Å². The molecule has 0 aliphatic carbocycles. The van der Waals surface area contributed by atoms with E-state index in [0.717, 1.165) is 35.7 Å². The Hall–Kier alpha value is -2.36. The molecule has 0 atom stereocenters. The van der Waals surface area contributed by atoms with E-state index in [9.17, 15) is 0 Å². The summed E-state index contributed by atoms with van der Waals surface area (Å²) in [5, 5.41) is 0. The molecular weight excluding hydrogens is 280 g/mol. The molecule has 0 saturated heterocycles. The van der Waals surface area contributed by atoms with Crippen LogP contribution in [0.15, 0.2) is 30.3 Å². The Labute approximate surface area is 130 Å². The summed E-state index contributed by atoms with van der Waals surface area (Å²) < 4.78 is 21.7. The highest BCUT2D eigenvalue weighted by Gasteiger charge is 2.20. The Morgan fingerprint density at radius 3 is 2.55 bits per heavy atom. The van der Waals surface area contributed by atoms with Crippen molar-refractivity contribution in [1.82, 2.24) is 0 Å². The second-order valence-corrected chi connectivity index (χ2v) is 5.35. The summed E-state index contributed by atoms with van der Waals surface area (Å²) in [5.41, 5.74) is 3.60. The molecule has 0 radical (unpaired) electrons. The van der Waals surface area contributed by atoms with Crippen LogP contribution < -0.4 is 18.9 Å². The van der Waals surface area contributed by atoms with Crippen LogP contribution in [0.4, 0.5) is 0 Å². The third-order valence-corrected chi connectivity index (χ3v) is 3.84. The number of methoxy groups -OCH3 is 2. The van der Waals surface area contributed by atoms with Gasteiger partial charge >= 0.3 is 0 Å². The summed E-state index contributed by atoms with van der Waals surface area (Å²) in [6, 6.07) is 10.3. The largest absolute Gasteiger partial charge is 0.496 e. The van der Waals surface area contributed by atoms with Crippen molar-refractivity contribution in [2.45, 2.75) is 19.8 Å². The topological polar surface area (TPSA) is 36.9 Å². The van der Waals surface area contributed by atoms with Crippen LogP contribution >= 0.6 is 0 Å². The van der Waals surface area contributed by atoms with Crippen LogP contribution in [0.5, 0.6) is 23.0 Å². The normalized spacial score (nSPS) is 12.3. The van der Waals surface area contributed by atoms with Gasteiger partial charge in [-0.25, -0.2) is 0 Å². The Kier molecular flexibility index (Phi) is 4.09. The monoisotopic (exact) mass is 300 g/mol. The second-order valence-electron chi connectivity index (χ2n) is 5.35. The van der Waals surface area contributed by atoms with E-state index in [1.165, 1.54) is 11.1 Å². The molecule has 22 heavy (non-hydrogen) atoms. The van der Waals surface area contributed by atoms with Gasteiger partial charge in [-0.1, -0.05) is 17.7 Å². The lowest BCUT2D eigenvalue weighted by atomic mass is 10.0. The molecule has 1 heterocycles. The number of fused-ring (bicyclic) bond motifs is 1. The number of ether oxygens (including phenoxy) is 4. The van der Waals surface area contributed by atoms with Gasteiger partial charge in [-0.2, -0.15) is 0 Å². The number of benzene rings is 2. The van der Waals surface area contributed by atoms with Gasteiger partial charge in [-0.3, -0.25) is 0 Å². The maximum Gasteiger partial charge on any atom is 0.231 e. The summed E-state index contributed by atoms with van der Waals surface area (Å²) in [5.74, 6) is 3.10. The molecule has 3 rings (SSSR count). The van der Waals surface area contributed by atoms with Gasteiger partial charge in [0, 0.05) is 0 Å². The Morgan fingerprint density at radius 1 is 0.955 bits per heavy atom. The van der Waals surface area contributed by atoms with Crippen LogP contribution in [-0.4, -0.2) is 21.0 Å². The zero-order valence-electron chi connectivity index (χ0n) is 13.1. The van der Waals surface area contributed by atoms with Gasteiger partial charge < -0.3 is 18.9 Å². The van der Waals surface area contributed by atoms with Gasteiger partial charge in [-0.15, -0.1) is 0 Å². The zero-order valence-corrected chi connectivity index (χ0v) is 13.1. The fraction of sp³-hybridized carbons (Fsp3) is 0.333. The lowest BCUT2D eigenvalue weighted by molar-refractivity contribution is 0.171. The molecule has 0 N–H and O–H groups in total. The van der Waals surface area contributed by atoms with E-state index in [0.29, 0.717) is 5.75 Å². The third kappa shape index (κ3) is 2.82. The minimum atomic E-state index is 0.251. The predicted octanol–water partition coefficient (Wildman–Crippen LogP) is 3.53. The standard InChI is InChI=1S/C18H20O4/c1-12-4-7-15(19-2)14(8-12)6-5-13-9-16(20-3)18-17(10-13)21-11-22-18/h4,7-10H,5-6,11H2,1-3H3. The van der Waals surface area contributed by atoms with Crippen LogP contribution in [0.2, 0.25) is 0 Å². The van der Waals surface area contributed by atoms with Crippen molar-refractivity contribution in [1.29, 1.82) is 0 Å². The van der Waals surface area contributed by atoms with Crippen molar-refractivity contribution in [3.05, 3.63) is 47.0 Å². The fourth-order valence-corrected chi connectivity index (χ4v) is 2.71. The van der Waals surface area contributed by atoms with Crippen molar-refractivity contribution in [2.75, 3.05) is 21.0 Å². The lowest BCUT2D eigenvalue weighted by Gasteiger charge is -2.11. The SMILES string of the molecule is COc1ccc(C)cc1CCc1cc(OC)c2c(c1)OCO2. The van der Waals surface area contributed by atoms with Crippen molar-refractivity contribution in [3.8, 4) is 23.0 Å². The molecule has 0 aromatic heterocycles. The van der Waals surface area contributed by atoms with E-state index in [2.05, 4.69) is 19.1 Å². The highest BCUT2D eigenvalue weighted by Crippen LogP contribution is 2.42. The quantitative estimate of drug-likeness (QED) is 0.846. The molecule has 0 fully saturated rings. The lowest BCUT2D eigenvalue weighted by Crippen LogP contribution is -1.97. The van der Waals surface area contributed by atoms with Crippen molar-refractivity contribution in [3.63, 3.8) is 0 Å². The number of hydrogen-bond donors (Lipinski definition) is 0. The summed E-state index contributed by atoms with van der Waals surface area (Å²) in [4.78, 5) is 0. The highest BCUT2D eigenvalue weighted by molar-refractivity contribution is 5.55. The molecular formula is C18H20O4. The van der Waals surface area contributed by atoms with Gasteiger partial charge in [0.1, 0.15) is 5.75 Å². The smallest absolute Gasteiger partial charge is 0.231 e. The molecule has 0 unspecified atom stereocenters. The molecule has 116 valence electrons. The van der Waals surface area contributed by atoms with E-state index in [-0.39, 0.29) is 6.79 Å². The van der Waals surface area contributed by atoms with E-state index in [1.807, 2.05) is 18.2 Å². The molecule has 0 saturated carbocycles. The fourth-order valence-electron chi connectivity index (χ4n) is 2.71. The average molecular weight is 300 g/mol. The first-order valence-electron chi connectivity index (χ1n) is 7.31. The molecule has 1 aliphatic heterocycles. The molecule has 0 spiro atoms. The van der Waals surface area contributed by atoms with Crippen LogP contribution in [-0.2, 0) is 12.8 Å². The molecule has 2 aromatic rings. The van der Waals surface area contributed by atoms with E-state index in [4.69, 9.17) is 18.9 Å². The van der Waals surface area contributed by atoms with E-state index in [1.54, 1.807) is 14.2 Å².